The third kappa shape index (κ3) is 3.76. The van der Waals surface area contributed by atoms with Gasteiger partial charge in [0.1, 0.15) is 5.82 Å². The minimum Gasteiger partial charge on any atom is -0.232 e. The molecule has 0 fully saturated rings. The molecule has 0 atom stereocenters. The van der Waals surface area contributed by atoms with Gasteiger partial charge in [0, 0.05) is 12.1 Å². The molecule has 0 amide bonds. The molecule has 0 radical (unpaired) electrons. The van der Waals surface area contributed by atoms with E-state index in [1.54, 1.807) is 12.1 Å². The van der Waals surface area contributed by atoms with Gasteiger partial charge in [0.25, 0.3) is 0 Å². The van der Waals surface area contributed by atoms with Crippen molar-refractivity contribution in [3.05, 3.63) is 69.4 Å². The molecule has 3 rings (SSSR count). The largest absolute Gasteiger partial charge is 0.232 e. The first-order valence-corrected chi connectivity index (χ1v) is 9.22. The summed E-state index contributed by atoms with van der Waals surface area (Å²) in [5.74, 6) is 0.297. The predicted octanol–water partition coefficient (Wildman–Crippen LogP) is 5.51. The lowest BCUT2D eigenvalue weighted by atomic mass is 10.0. The number of rotatable bonds is 5. The fraction of sp³-hybridized carbons (Fsp3) is 0.300. The molecule has 5 heteroatoms. The summed E-state index contributed by atoms with van der Waals surface area (Å²) in [6.45, 7) is 5.97. The van der Waals surface area contributed by atoms with Gasteiger partial charge in [-0.15, -0.1) is 11.3 Å². The standard InChI is InChI=1S/C20H20F2N2S/c1-4-13-6-7-14(16(21)10-13)11-17-15(5-2)12(3)23-20(24-17)18-8-9-19(22)25-18/h6-10H,4-5,11H2,1-3H3. The summed E-state index contributed by atoms with van der Waals surface area (Å²) in [4.78, 5) is 9.84. The van der Waals surface area contributed by atoms with Crippen molar-refractivity contribution in [2.75, 3.05) is 0 Å². The number of benzene rings is 1. The molecule has 0 saturated carbocycles. The first kappa shape index (κ1) is 17.7. The zero-order valence-corrected chi connectivity index (χ0v) is 15.4. The summed E-state index contributed by atoms with van der Waals surface area (Å²) in [7, 11) is 0. The number of thiophene rings is 1. The highest BCUT2D eigenvalue weighted by atomic mass is 32.1. The lowest BCUT2D eigenvalue weighted by molar-refractivity contribution is 0.610. The molecule has 0 unspecified atom stereocenters. The highest BCUT2D eigenvalue weighted by Gasteiger charge is 2.15. The van der Waals surface area contributed by atoms with E-state index in [2.05, 4.69) is 9.97 Å². The van der Waals surface area contributed by atoms with Crippen molar-refractivity contribution in [3.8, 4) is 10.7 Å². The Morgan fingerprint density at radius 3 is 2.40 bits per heavy atom. The van der Waals surface area contributed by atoms with E-state index in [1.165, 1.54) is 6.07 Å². The van der Waals surface area contributed by atoms with Crippen LogP contribution in [0.1, 0.15) is 41.9 Å². The van der Waals surface area contributed by atoms with Crippen LogP contribution in [0.5, 0.6) is 0 Å². The zero-order valence-electron chi connectivity index (χ0n) is 14.6. The average molecular weight is 358 g/mol. The van der Waals surface area contributed by atoms with Crippen LogP contribution in [-0.2, 0) is 19.3 Å². The fourth-order valence-electron chi connectivity index (χ4n) is 2.94. The van der Waals surface area contributed by atoms with Gasteiger partial charge in [-0.05, 0) is 54.7 Å². The van der Waals surface area contributed by atoms with E-state index in [4.69, 9.17) is 0 Å². The van der Waals surface area contributed by atoms with Crippen molar-refractivity contribution in [1.82, 2.24) is 9.97 Å². The van der Waals surface area contributed by atoms with Gasteiger partial charge in [0.05, 0.1) is 10.6 Å². The van der Waals surface area contributed by atoms with E-state index in [9.17, 15) is 8.78 Å². The van der Waals surface area contributed by atoms with Crippen molar-refractivity contribution in [1.29, 1.82) is 0 Å². The SMILES string of the molecule is CCc1ccc(Cc2nc(-c3ccc(F)s3)nc(C)c2CC)c(F)c1. The normalized spacial score (nSPS) is 11.1. The van der Waals surface area contributed by atoms with Crippen LogP contribution >= 0.6 is 11.3 Å². The molecule has 0 saturated heterocycles. The molecular formula is C20H20F2N2S. The van der Waals surface area contributed by atoms with Gasteiger partial charge >= 0.3 is 0 Å². The lowest BCUT2D eigenvalue weighted by Gasteiger charge is -2.12. The second kappa shape index (κ2) is 7.40. The Morgan fingerprint density at radius 2 is 1.80 bits per heavy atom. The van der Waals surface area contributed by atoms with Crippen LogP contribution in [0.15, 0.2) is 30.3 Å². The first-order valence-electron chi connectivity index (χ1n) is 8.41. The minimum atomic E-state index is -0.265. The summed E-state index contributed by atoms with van der Waals surface area (Å²) < 4.78 is 27.7. The highest BCUT2D eigenvalue weighted by molar-refractivity contribution is 7.13. The van der Waals surface area contributed by atoms with Gasteiger partial charge in [-0.3, -0.25) is 0 Å². The summed E-state index contributed by atoms with van der Waals surface area (Å²) in [5.41, 5.74) is 4.29. The Bertz CT molecular complexity index is 903. The van der Waals surface area contributed by atoms with Gasteiger partial charge in [-0.2, -0.15) is 4.39 Å². The van der Waals surface area contributed by atoms with E-state index in [-0.39, 0.29) is 10.9 Å². The van der Waals surface area contributed by atoms with E-state index >= 15 is 0 Å². The number of nitrogens with zero attached hydrogens (tertiary/aromatic N) is 2. The molecule has 1 aromatic carbocycles. The lowest BCUT2D eigenvalue weighted by Crippen LogP contribution is -2.06. The number of halogens is 2. The molecule has 0 aliphatic heterocycles. The molecule has 0 N–H and O–H groups in total. The smallest absolute Gasteiger partial charge is 0.177 e. The Balaban J connectivity index is 2.03. The maximum Gasteiger partial charge on any atom is 0.177 e. The average Bonchev–Trinajstić information content (AvgIpc) is 3.03. The third-order valence-electron chi connectivity index (χ3n) is 4.33. The predicted molar refractivity (Wildman–Crippen MR) is 98.0 cm³/mol. The first-order chi connectivity index (χ1) is 12.0. The third-order valence-corrected chi connectivity index (χ3v) is 5.20. The number of hydrogen-bond donors (Lipinski definition) is 0. The minimum absolute atomic E-state index is 0.207. The second-order valence-electron chi connectivity index (χ2n) is 5.97. The molecule has 2 heterocycles. The van der Waals surface area contributed by atoms with E-state index in [0.29, 0.717) is 22.7 Å². The second-order valence-corrected chi connectivity index (χ2v) is 7.01. The van der Waals surface area contributed by atoms with Crippen molar-refractivity contribution in [3.63, 3.8) is 0 Å². The number of aromatic nitrogens is 2. The number of hydrogen-bond acceptors (Lipinski definition) is 3. The summed E-state index contributed by atoms with van der Waals surface area (Å²) >= 11 is 1.02. The van der Waals surface area contributed by atoms with Crippen LogP contribution in [0.4, 0.5) is 8.78 Å². The maximum absolute atomic E-state index is 14.4. The molecule has 2 nitrogen and oxygen atoms in total. The van der Waals surface area contributed by atoms with Crippen LogP contribution in [0.2, 0.25) is 0 Å². The van der Waals surface area contributed by atoms with Crippen LogP contribution in [0.3, 0.4) is 0 Å². The molecule has 130 valence electrons. The van der Waals surface area contributed by atoms with Crippen molar-refractivity contribution >= 4 is 11.3 Å². The molecule has 25 heavy (non-hydrogen) atoms. The maximum atomic E-state index is 14.4. The Morgan fingerprint density at radius 1 is 1.00 bits per heavy atom. The summed E-state index contributed by atoms with van der Waals surface area (Å²) in [5, 5.41) is -0.265. The molecule has 2 aromatic heterocycles. The molecular weight excluding hydrogens is 338 g/mol. The molecule has 0 bridgehead atoms. The monoisotopic (exact) mass is 358 g/mol. The van der Waals surface area contributed by atoms with Crippen LogP contribution in [-0.4, -0.2) is 9.97 Å². The highest BCUT2D eigenvalue weighted by Crippen LogP contribution is 2.27. The fourth-order valence-corrected chi connectivity index (χ4v) is 3.61. The van der Waals surface area contributed by atoms with E-state index in [0.717, 1.165) is 46.7 Å². The molecule has 0 spiro atoms. The van der Waals surface area contributed by atoms with Gasteiger partial charge in [-0.1, -0.05) is 26.0 Å². The quantitative estimate of drug-likeness (QED) is 0.601. The van der Waals surface area contributed by atoms with E-state index in [1.807, 2.05) is 32.9 Å². The van der Waals surface area contributed by atoms with Crippen molar-refractivity contribution in [2.24, 2.45) is 0 Å². The molecule has 3 aromatic rings. The number of aryl methyl sites for hydroxylation is 2. The van der Waals surface area contributed by atoms with Crippen LogP contribution in [0, 0.1) is 17.9 Å². The Labute approximate surface area is 150 Å². The van der Waals surface area contributed by atoms with Gasteiger partial charge in [-0.25, -0.2) is 14.4 Å². The van der Waals surface area contributed by atoms with Crippen LogP contribution in [0.25, 0.3) is 10.7 Å². The molecule has 0 aliphatic carbocycles. The summed E-state index contributed by atoms with van der Waals surface area (Å²) in [6, 6.07) is 8.46. The topological polar surface area (TPSA) is 25.8 Å². The Hall–Kier alpha value is -2.14. The molecule has 0 aliphatic rings. The van der Waals surface area contributed by atoms with Crippen molar-refractivity contribution in [2.45, 2.75) is 40.0 Å². The van der Waals surface area contributed by atoms with Gasteiger partial charge < -0.3 is 0 Å². The van der Waals surface area contributed by atoms with E-state index < -0.39 is 0 Å². The van der Waals surface area contributed by atoms with Crippen molar-refractivity contribution < 1.29 is 8.78 Å². The van der Waals surface area contributed by atoms with Crippen LogP contribution < -0.4 is 0 Å². The summed E-state index contributed by atoms with van der Waals surface area (Å²) in [6.07, 6.45) is 1.98. The van der Waals surface area contributed by atoms with Gasteiger partial charge in [0.15, 0.2) is 11.0 Å². The zero-order chi connectivity index (χ0) is 18.0. The van der Waals surface area contributed by atoms with Gasteiger partial charge in [0.2, 0.25) is 0 Å². The Kier molecular flexibility index (Phi) is 5.23.